The number of aromatic nitrogens is 3. The Morgan fingerprint density at radius 1 is 1.24 bits per heavy atom. The fourth-order valence-electron chi connectivity index (χ4n) is 2.92. The molecule has 4 heteroatoms. The zero-order valence-electron chi connectivity index (χ0n) is 11.0. The van der Waals surface area contributed by atoms with Crippen molar-refractivity contribution in [1.82, 2.24) is 14.8 Å². The summed E-state index contributed by atoms with van der Waals surface area (Å²) >= 11 is 5.95. The molecule has 1 fully saturated rings. The van der Waals surface area contributed by atoms with Crippen molar-refractivity contribution in [2.24, 2.45) is 0 Å². The first kappa shape index (κ1) is 12.9. The molecular weight excluding hydrogens is 234 g/mol. The average molecular weight is 256 g/mol. The summed E-state index contributed by atoms with van der Waals surface area (Å²) in [5.74, 6) is 2.49. The normalized spacial score (nSPS) is 19.8. The van der Waals surface area contributed by atoms with Crippen LogP contribution in [0.3, 0.4) is 0 Å². The molecule has 0 aliphatic heterocycles. The van der Waals surface area contributed by atoms with Crippen LogP contribution >= 0.6 is 11.6 Å². The molecule has 3 nitrogen and oxygen atoms in total. The van der Waals surface area contributed by atoms with E-state index in [1.807, 2.05) is 0 Å². The summed E-state index contributed by atoms with van der Waals surface area (Å²) in [4.78, 5) is 0. The van der Waals surface area contributed by atoms with Crippen molar-refractivity contribution in [2.75, 3.05) is 0 Å². The van der Waals surface area contributed by atoms with Gasteiger partial charge in [0, 0.05) is 11.5 Å². The second-order valence-electron chi connectivity index (χ2n) is 5.66. The number of halogens is 1. The Hall–Kier alpha value is -0.570. The minimum atomic E-state index is 0.194. The molecule has 0 aromatic carbocycles. The van der Waals surface area contributed by atoms with Crippen LogP contribution in [0.15, 0.2) is 0 Å². The fraction of sp³-hybridized carbons (Fsp3) is 0.846. The molecule has 1 aromatic heterocycles. The van der Waals surface area contributed by atoms with E-state index in [9.17, 15) is 0 Å². The number of hydrogen-bond donors (Lipinski definition) is 0. The zero-order valence-corrected chi connectivity index (χ0v) is 11.8. The number of nitrogens with zero attached hydrogens (tertiary/aromatic N) is 3. The van der Waals surface area contributed by atoms with E-state index in [-0.39, 0.29) is 5.41 Å². The topological polar surface area (TPSA) is 30.7 Å². The summed E-state index contributed by atoms with van der Waals surface area (Å²) in [6.45, 7) is 6.68. The van der Waals surface area contributed by atoms with Crippen molar-refractivity contribution in [3.63, 3.8) is 0 Å². The molecular formula is C13H22ClN3. The molecule has 0 saturated heterocycles. The molecule has 2 rings (SSSR count). The van der Waals surface area contributed by atoms with E-state index in [1.54, 1.807) is 0 Å². The van der Waals surface area contributed by atoms with E-state index in [1.165, 1.54) is 32.1 Å². The van der Waals surface area contributed by atoms with Gasteiger partial charge >= 0.3 is 0 Å². The van der Waals surface area contributed by atoms with E-state index in [2.05, 4.69) is 35.5 Å². The molecule has 0 unspecified atom stereocenters. The third kappa shape index (κ3) is 2.35. The summed E-state index contributed by atoms with van der Waals surface area (Å²) in [7, 11) is 0. The second kappa shape index (κ2) is 4.97. The largest absolute Gasteiger partial charge is 0.311 e. The smallest absolute Gasteiger partial charge is 0.148 e. The Kier molecular flexibility index (Phi) is 3.76. The van der Waals surface area contributed by atoms with Crippen molar-refractivity contribution in [1.29, 1.82) is 0 Å². The van der Waals surface area contributed by atoms with Gasteiger partial charge in [0.15, 0.2) is 0 Å². The quantitative estimate of drug-likeness (QED) is 0.769. The maximum atomic E-state index is 5.95. The highest BCUT2D eigenvalue weighted by atomic mass is 35.5. The van der Waals surface area contributed by atoms with Crippen molar-refractivity contribution in [3.05, 3.63) is 11.6 Å². The Morgan fingerprint density at radius 2 is 1.88 bits per heavy atom. The lowest BCUT2D eigenvalue weighted by Gasteiger charge is -2.33. The van der Waals surface area contributed by atoms with Crippen LogP contribution < -0.4 is 0 Å². The van der Waals surface area contributed by atoms with Gasteiger partial charge in [0.25, 0.3) is 0 Å². The van der Waals surface area contributed by atoms with Gasteiger partial charge in [-0.1, -0.05) is 26.2 Å². The molecule has 1 aromatic rings. The van der Waals surface area contributed by atoms with E-state index < -0.39 is 0 Å². The predicted octanol–water partition coefficient (Wildman–Crippen LogP) is 3.82. The second-order valence-corrected chi connectivity index (χ2v) is 5.93. The monoisotopic (exact) mass is 255 g/mol. The molecule has 1 aliphatic carbocycles. The predicted molar refractivity (Wildman–Crippen MR) is 70.4 cm³/mol. The van der Waals surface area contributed by atoms with Crippen LogP contribution in [0.2, 0.25) is 0 Å². The maximum absolute atomic E-state index is 5.95. The van der Waals surface area contributed by atoms with E-state index in [0.29, 0.717) is 11.9 Å². The minimum absolute atomic E-state index is 0.194. The molecule has 96 valence electrons. The van der Waals surface area contributed by atoms with E-state index >= 15 is 0 Å². The van der Waals surface area contributed by atoms with Gasteiger partial charge in [0.1, 0.15) is 11.6 Å². The van der Waals surface area contributed by atoms with Crippen LogP contribution in [0.4, 0.5) is 0 Å². The summed E-state index contributed by atoms with van der Waals surface area (Å²) in [5.41, 5.74) is 0.194. The van der Waals surface area contributed by atoms with Gasteiger partial charge in [0.2, 0.25) is 0 Å². The summed E-state index contributed by atoms with van der Waals surface area (Å²) < 4.78 is 2.23. The standard InChI is InChI=1S/C13H22ClN3/c1-10(2)17-11(9-14)15-16-12(17)13(3)7-5-4-6-8-13/h10H,4-9H2,1-3H3. The first-order valence-corrected chi connectivity index (χ1v) is 7.12. The molecule has 0 bridgehead atoms. The third-order valence-electron chi connectivity index (χ3n) is 3.90. The fourth-order valence-corrected chi connectivity index (χ4v) is 3.11. The number of rotatable bonds is 3. The van der Waals surface area contributed by atoms with Crippen LogP contribution in [-0.4, -0.2) is 14.8 Å². The first-order chi connectivity index (χ1) is 8.08. The molecule has 1 heterocycles. The highest BCUT2D eigenvalue weighted by molar-refractivity contribution is 6.16. The van der Waals surface area contributed by atoms with E-state index in [0.717, 1.165) is 11.6 Å². The molecule has 1 aliphatic rings. The third-order valence-corrected chi connectivity index (χ3v) is 4.14. The summed E-state index contributed by atoms with van der Waals surface area (Å²) in [6, 6.07) is 0.382. The van der Waals surface area contributed by atoms with Gasteiger partial charge in [-0.3, -0.25) is 0 Å². The minimum Gasteiger partial charge on any atom is -0.311 e. The first-order valence-electron chi connectivity index (χ1n) is 6.59. The van der Waals surface area contributed by atoms with Gasteiger partial charge in [-0.25, -0.2) is 0 Å². The zero-order chi connectivity index (χ0) is 12.5. The van der Waals surface area contributed by atoms with E-state index in [4.69, 9.17) is 11.6 Å². The Morgan fingerprint density at radius 3 is 2.41 bits per heavy atom. The average Bonchev–Trinajstić information content (AvgIpc) is 2.74. The molecule has 0 spiro atoms. The lowest BCUT2D eigenvalue weighted by molar-refractivity contribution is 0.288. The highest BCUT2D eigenvalue weighted by Gasteiger charge is 2.34. The van der Waals surface area contributed by atoms with Crippen molar-refractivity contribution in [3.8, 4) is 0 Å². The lowest BCUT2D eigenvalue weighted by Crippen LogP contribution is -2.30. The Balaban J connectivity index is 2.40. The highest BCUT2D eigenvalue weighted by Crippen LogP contribution is 2.39. The van der Waals surface area contributed by atoms with Gasteiger partial charge in [-0.05, 0) is 26.7 Å². The van der Waals surface area contributed by atoms with Crippen molar-refractivity contribution < 1.29 is 0 Å². The molecule has 0 atom stereocenters. The van der Waals surface area contributed by atoms with Crippen molar-refractivity contribution in [2.45, 2.75) is 70.2 Å². The number of alkyl halides is 1. The van der Waals surface area contributed by atoms with Crippen LogP contribution in [0.1, 0.15) is 70.6 Å². The van der Waals surface area contributed by atoms with Gasteiger partial charge < -0.3 is 4.57 Å². The van der Waals surface area contributed by atoms with Gasteiger partial charge in [-0.2, -0.15) is 0 Å². The van der Waals surface area contributed by atoms with Crippen LogP contribution in [0, 0.1) is 0 Å². The number of hydrogen-bond acceptors (Lipinski definition) is 2. The Bertz CT molecular complexity index is 378. The van der Waals surface area contributed by atoms with Crippen LogP contribution in [-0.2, 0) is 11.3 Å². The van der Waals surface area contributed by atoms with Gasteiger partial charge in [0.05, 0.1) is 5.88 Å². The van der Waals surface area contributed by atoms with Crippen molar-refractivity contribution >= 4 is 11.6 Å². The maximum Gasteiger partial charge on any atom is 0.148 e. The molecule has 0 radical (unpaired) electrons. The van der Waals surface area contributed by atoms with Gasteiger partial charge in [-0.15, -0.1) is 21.8 Å². The summed E-state index contributed by atoms with van der Waals surface area (Å²) in [6.07, 6.45) is 6.41. The summed E-state index contributed by atoms with van der Waals surface area (Å²) in [5, 5.41) is 8.69. The SMILES string of the molecule is CC(C)n1c(CCl)nnc1C1(C)CCCCC1. The Labute approximate surface area is 109 Å². The molecule has 17 heavy (non-hydrogen) atoms. The molecule has 1 saturated carbocycles. The molecule has 0 N–H and O–H groups in total. The lowest BCUT2D eigenvalue weighted by atomic mass is 9.75. The van der Waals surface area contributed by atoms with Crippen LogP contribution in [0.5, 0.6) is 0 Å². The molecule has 0 amide bonds. The van der Waals surface area contributed by atoms with Crippen LogP contribution in [0.25, 0.3) is 0 Å².